The molecule has 0 amide bonds. The van der Waals surface area contributed by atoms with Crippen molar-refractivity contribution in [1.29, 1.82) is 0 Å². The highest BCUT2D eigenvalue weighted by Gasteiger charge is 2.11. The van der Waals surface area contributed by atoms with Gasteiger partial charge in [0.25, 0.3) is 0 Å². The van der Waals surface area contributed by atoms with E-state index in [9.17, 15) is 0 Å². The van der Waals surface area contributed by atoms with Gasteiger partial charge in [0.2, 0.25) is 6.29 Å². The number of nitrogens with zero attached hydrogens (tertiary/aromatic N) is 1. The van der Waals surface area contributed by atoms with Gasteiger partial charge in [0.05, 0.1) is 5.69 Å². The third-order valence-electron chi connectivity index (χ3n) is 1.79. The largest absolute Gasteiger partial charge is 0.347 e. The van der Waals surface area contributed by atoms with Crippen molar-refractivity contribution in [2.45, 2.75) is 27.1 Å². The van der Waals surface area contributed by atoms with Crippen LogP contribution in [0.15, 0.2) is 18.2 Å². The van der Waals surface area contributed by atoms with Crippen molar-refractivity contribution in [2.75, 3.05) is 13.2 Å². The Balaban J connectivity index is 2.75. The monoisotopic (exact) mass is 195 g/mol. The van der Waals surface area contributed by atoms with Gasteiger partial charge in [0, 0.05) is 18.9 Å². The molecule has 0 bridgehead atoms. The van der Waals surface area contributed by atoms with Gasteiger partial charge in [-0.2, -0.15) is 0 Å². The van der Waals surface area contributed by atoms with E-state index in [-0.39, 0.29) is 6.29 Å². The SMILES string of the molecule is CCOC(OCC)c1cccc(C)n1. The standard InChI is InChI=1S/C11H17NO2/c1-4-13-11(14-5-2)10-8-6-7-9(3)12-10/h6-8,11H,4-5H2,1-3H3. The number of aryl methyl sites for hydroxylation is 1. The fourth-order valence-corrected chi connectivity index (χ4v) is 1.22. The predicted octanol–water partition coefficient (Wildman–Crippen LogP) is 2.46. The van der Waals surface area contributed by atoms with Gasteiger partial charge in [0.1, 0.15) is 0 Å². The van der Waals surface area contributed by atoms with Gasteiger partial charge in [-0.3, -0.25) is 4.98 Å². The zero-order valence-corrected chi connectivity index (χ0v) is 8.99. The van der Waals surface area contributed by atoms with E-state index < -0.39 is 0 Å². The van der Waals surface area contributed by atoms with Crippen LogP contribution in [-0.2, 0) is 9.47 Å². The first-order valence-corrected chi connectivity index (χ1v) is 4.94. The van der Waals surface area contributed by atoms with Gasteiger partial charge in [-0.25, -0.2) is 0 Å². The van der Waals surface area contributed by atoms with Crippen LogP contribution in [-0.4, -0.2) is 18.2 Å². The molecule has 0 saturated heterocycles. The number of pyridine rings is 1. The fourth-order valence-electron chi connectivity index (χ4n) is 1.22. The summed E-state index contributed by atoms with van der Waals surface area (Å²) >= 11 is 0. The summed E-state index contributed by atoms with van der Waals surface area (Å²) in [4.78, 5) is 4.36. The highest BCUT2D eigenvalue weighted by atomic mass is 16.7. The maximum absolute atomic E-state index is 5.44. The van der Waals surface area contributed by atoms with Crippen molar-refractivity contribution >= 4 is 0 Å². The zero-order valence-electron chi connectivity index (χ0n) is 8.99. The molecule has 1 heterocycles. The van der Waals surface area contributed by atoms with Crippen LogP contribution < -0.4 is 0 Å². The van der Waals surface area contributed by atoms with E-state index in [0.29, 0.717) is 13.2 Å². The Morgan fingerprint density at radius 2 is 1.86 bits per heavy atom. The Bertz CT molecular complexity index is 270. The summed E-state index contributed by atoms with van der Waals surface area (Å²) in [5.41, 5.74) is 1.82. The van der Waals surface area contributed by atoms with Crippen LogP contribution in [0, 0.1) is 6.92 Å². The molecule has 14 heavy (non-hydrogen) atoms. The summed E-state index contributed by atoms with van der Waals surface area (Å²) in [5, 5.41) is 0. The molecular weight excluding hydrogens is 178 g/mol. The Morgan fingerprint density at radius 1 is 1.21 bits per heavy atom. The first-order chi connectivity index (χ1) is 6.77. The molecule has 0 aliphatic carbocycles. The van der Waals surface area contributed by atoms with Crippen molar-refractivity contribution < 1.29 is 9.47 Å². The normalized spacial score (nSPS) is 10.9. The first kappa shape index (κ1) is 11.1. The Kier molecular flexibility index (Phi) is 4.56. The maximum atomic E-state index is 5.44. The van der Waals surface area contributed by atoms with Gasteiger partial charge in [0.15, 0.2) is 0 Å². The Hall–Kier alpha value is -0.930. The molecule has 0 fully saturated rings. The molecule has 0 spiro atoms. The van der Waals surface area contributed by atoms with E-state index in [1.165, 1.54) is 0 Å². The molecule has 0 aliphatic rings. The van der Waals surface area contributed by atoms with E-state index in [1.54, 1.807) is 0 Å². The molecule has 1 rings (SSSR count). The summed E-state index contributed by atoms with van der Waals surface area (Å²) in [5.74, 6) is 0. The molecule has 0 radical (unpaired) electrons. The average Bonchev–Trinajstić information content (AvgIpc) is 2.17. The van der Waals surface area contributed by atoms with Gasteiger partial charge < -0.3 is 9.47 Å². The second-order valence-corrected chi connectivity index (χ2v) is 2.95. The van der Waals surface area contributed by atoms with E-state index >= 15 is 0 Å². The highest BCUT2D eigenvalue weighted by molar-refractivity contribution is 5.10. The van der Waals surface area contributed by atoms with Crippen LogP contribution in [0.25, 0.3) is 0 Å². The van der Waals surface area contributed by atoms with Crippen LogP contribution in [0.1, 0.15) is 31.5 Å². The number of rotatable bonds is 5. The van der Waals surface area contributed by atoms with Crippen LogP contribution >= 0.6 is 0 Å². The van der Waals surface area contributed by atoms with Crippen LogP contribution in [0.4, 0.5) is 0 Å². The van der Waals surface area contributed by atoms with E-state index in [0.717, 1.165) is 11.4 Å². The summed E-state index contributed by atoms with van der Waals surface area (Å²) < 4.78 is 10.9. The van der Waals surface area contributed by atoms with Gasteiger partial charge in [-0.1, -0.05) is 6.07 Å². The molecule has 3 nitrogen and oxygen atoms in total. The second kappa shape index (κ2) is 5.73. The molecule has 0 saturated carbocycles. The summed E-state index contributed by atoms with van der Waals surface area (Å²) in [6, 6.07) is 5.84. The minimum absolute atomic E-state index is 0.329. The average molecular weight is 195 g/mol. The number of hydrogen-bond acceptors (Lipinski definition) is 3. The minimum Gasteiger partial charge on any atom is -0.347 e. The van der Waals surface area contributed by atoms with E-state index in [4.69, 9.17) is 9.47 Å². The quantitative estimate of drug-likeness (QED) is 0.676. The smallest absolute Gasteiger partial charge is 0.201 e. The van der Waals surface area contributed by atoms with Crippen molar-refractivity contribution in [2.24, 2.45) is 0 Å². The van der Waals surface area contributed by atoms with Crippen molar-refractivity contribution in [3.05, 3.63) is 29.6 Å². The van der Waals surface area contributed by atoms with Crippen LogP contribution in [0.3, 0.4) is 0 Å². The lowest BCUT2D eigenvalue weighted by Crippen LogP contribution is -2.10. The van der Waals surface area contributed by atoms with Crippen LogP contribution in [0.2, 0.25) is 0 Å². The predicted molar refractivity (Wildman–Crippen MR) is 55.0 cm³/mol. The van der Waals surface area contributed by atoms with Crippen molar-refractivity contribution in [1.82, 2.24) is 4.98 Å². The minimum atomic E-state index is -0.329. The number of hydrogen-bond donors (Lipinski definition) is 0. The lowest BCUT2D eigenvalue weighted by Gasteiger charge is -2.16. The van der Waals surface area contributed by atoms with Crippen molar-refractivity contribution in [3.8, 4) is 0 Å². The molecule has 1 aromatic rings. The highest BCUT2D eigenvalue weighted by Crippen LogP contribution is 2.16. The Labute approximate surface area is 85.1 Å². The first-order valence-electron chi connectivity index (χ1n) is 4.94. The third kappa shape index (κ3) is 3.09. The number of aromatic nitrogens is 1. The lowest BCUT2D eigenvalue weighted by molar-refractivity contribution is -0.142. The zero-order chi connectivity index (χ0) is 10.4. The molecule has 3 heteroatoms. The molecule has 0 atom stereocenters. The molecular formula is C11H17NO2. The summed E-state index contributed by atoms with van der Waals surface area (Å²) in [7, 11) is 0. The molecule has 0 aromatic carbocycles. The maximum Gasteiger partial charge on any atom is 0.201 e. The van der Waals surface area contributed by atoms with Gasteiger partial charge in [-0.05, 0) is 32.9 Å². The number of ether oxygens (including phenoxy) is 2. The van der Waals surface area contributed by atoms with Crippen molar-refractivity contribution in [3.63, 3.8) is 0 Å². The van der Waals surface area contributed by atoms with Gasteiger partial charge >= 0.3 is 0 Å². The Morgan fingerprint density at radius 3 is 2.36 bits per heavy atom. The van der Waals surface area contributed by atoms with E-state index in [1.807, 2.05) is 39.0 Å². The van der Waals surface area contributed by atoms with Gasteiger partial charge in [-0.15, -0.1) is 0 Å². The molecule has 1 aromatic heterocycles. The molecule has 0 N–H and O–H groups in total. The molecule has 0 unspecified atom stereocenters. The fraction of sp³-hybridized carbons (Fsp3) is 0.545. The van der Waals surface area contributed by atoms with E-state index in [2.05, 4.69) is 4.98 Å². The lowest BCUT2D eigenvalue weighted by atomic mass is 10.3. The second-order valence-electron chi connectivity index (χ2n) is 2.95. The van der Waals surface area contributed by atoms with Crippen LogP contribution in [0.5, 0.6) is 0 Å². The molecule has 0 aliphatic heterocycles. The molecule has 78 valence electrons. The summed E-state index contributed by atoms with van der Waals surface area (Å²) in [6.07, 6.45) is -0.329. The third-order valence-corrected chi connectivity index (χ3v) is 1.79. The summed E-state index contributed by atoms with van der Waals surface area (Å²) in [6.45, 7) is 7.10. The topological polar surface area (TPSA) is 31.4 Å².